The Morgan fingerprint density at radius 1 is 1.15 bits per heavy atom. The number of aromatic nitrogens is 3. The molecule has 4 aromatic rings. The van der Waals surface area contributed by atoms with Gasteiger partial charge in [-0.3, -0.25) is 14.3 Å². The number of nitriles is 1. The number of benzene rings is 2. The summed E-state index contributed by atoms with van der Waals surface area (Å²) in [5.74, 6) is -2.54. The van der Waals surface area contributed by atoms with Crippen molar-refractivity contribution in [2.75, 3.05) is 5.32 Å². The van der Waals surface area contributed by atoms with Gasteiger partial charge in [0.15, 0.2) is 0 Å². The van der Waals surface area contributed by atoms with Crippen molar-refractivity contribution in [2.45, 2.75) is 20.4 Å². The zero-order chi connectivity index (χ0) is 24.6. The van der Waals surface area contributed by atoms with Crippen molar-refractivity contribution in [3.63, 3.8) is 0 Å². The van der Waals surface area contributed by atoms with Crippen LogP contribution >= 0.6 is 0 Å². The molecule has 0 fully saturated rings. The Bertz CT molecular complexity index is 1520. The van der Waals surface area contributed by atoms with Gasteiger partial charge >= 0.3 is 0 Å². The molecule has 0 atom stereocenters. The van der Waals surface area contributed by atoms with E-state index in [1.807, 2.05) is 6.07 Å². The molecule has 0 unspecified atom stereocenters. The maximum atomic E-state index is 14.3. The molecule has 34 heavy (non-hydrogen) atoms. The number of pyridine rings is 1. The first kappa shape index (κ1) is 22.5. The molecule has 0 aliphatic heterocycles. The molecule has 0 aliphatic carbocycles. The van der Waals surface area contributed by atoms with E-state index in [-0.39, 0.29) is 28.9 Å². The fourth-order valence-corrected chi connectivity index (χ4v) is 3.64. The minimum absolute atomic E-state index is 0.0376. The highest BCUT2D eigenvalue weighted by Gasteiger charge is 2.20. The molecule has 2 heterocycles. The predicted molar refractivity (Wildman–Crippen MR) is 120 cm³/mol. The zero-order valence-corrected chi connectivity index (χ0v) is 18.2. The SMILES string of the molecule is Cc1nn(Cc2ccc(C#N)cc2F)c(C)c1NC(=O)c1cc(C(N)=O)c2ccc(F)cc2n1. The lowest BCUT2D eigenvalue weighted by molar-refractivity contribution is 0.100. The molecule has 10 heteroatoms. The summed E-state index contributed by atoms with van der Waals surface area (Å²) in [6.07, 6.45) is 0. The Morgan fingerprint density at radius 2 is 1.91 bits per heavy atom. The molecule has 2 aromatic carbocycles. The number of halogens is 2. The molecule has 0 aliphatic rings. The summed E-state index contributed by atoms with van der Waals surface area (Å²) in [4.78, 5) is 29.0. The number of nitrogens with one attached hydrogen (secondary N) is 1. The van der Waals surface area contributed by atoms with Gasteiger partial charge in [-0.2, -0.15) is 10.4 Å². The summed E-state index contributed by atoms with van der Waals surface area (Å²) in [5, 5.41) is 16.3. The van der Waals surface area contributed by atoms with Gasteiger partial charge in [0.1, 0.15) is 17.3 Å². The van der Waals surface area contributed by atoms with Crippen LogP contribution in [0.1, 0.15) is 43.4 Å². The van der Waals surface area contributed by atoms with Crippen molar-refractivity contribution in [1.29, 1.82) is 5.26 Å². The van der Waals surface area contributed by atoms with Gasteiger partial charge in [0, 0.05) is 17.0 Å². The molecule has 3 N–H and O–H groups in total. The van der Waals surface area contributed by atoms with Gasteiger partial charge in [0.05, 0.1) is 46.3 Å². The quantitative estimate of drug-likeness (QED) is 0.471. The lowest BCUT2D eigenvalue weighted by Gasteiger charge is -2.10. The third-order valence-corrected chi connectivity index (χ3v) is 5.39. The molecule has 0 saturated carbocycles. The van der Waals surface area contributed by atoms with Crippen molar-refractivity contribution >= 4 is 28.4 Å². The van der Waals surface area contributed by atoms with Gasteiger partial charge in [0.2, 0.25) is 5.91 Å². The summed E-state index contributed by atoms with van der Waals surface area (Å²) in [6.45, 7) is 3.46. The molecule has 0 bridgehead atoms. The van der Waals surface area contributed by atoms with E-state index in [9.17, 15) is 18.4 Å². The topological polar surface area (TPSA) is 127 Å². The molecule has 0 saturated heterocycles. The molecule has 0 radical (unpaired) electrons. The fraction of sp³-hybridized carbons (Fsp3) is 0.125. The molecule has 170 valence electrons. The standard InChI is InChI=1S/C24H18F2N6O2/c1-12-22(13(2)32(31-12)11-15-4-3-14(10-27)7-19(15)26)30-24(34)21-9-18(23(28)33)17-6-5-16(25)8-20(17)29-21/h3-9H,11H2,1-2H3,(H2,28,33)(H,30,34). The van der Waals surface area contributed by atoms with E-state index in [1.54, 1.807) is 13.8 Å². The average molecular weight is 460 g/mol. The molecule has 8 nitrogen and oxygen atoms in total. The Labute approximate surface area is 192 Å². The summed E-state index contributed by atoms with van der Waals surface area (Å²) < 4.78 is 29.5. The lowest BCUT2D eigenvalue weighted by Crippen LogP contribution is -2.18. The number of hydrogen-bond donors (Lipinski definition) is 2. The number of nitrogens with two attached hydrogens (primary N) is 1. The highest BCUT2D eigenvalue weighted by molar-refractivity contribution is 6.10. The number of anilines is 1. The number of aryl methyl sites for hydroxylation is 1. The minimum Gasteiger partial charge on any atom is -0.366 e. The molecule has 0 spiro atoms. The van der Waals surface area contributed by atoms with Crippen molar-refractivity contribution < 1.29 is 18.4 Å². The number of nitrogens with zero attached hydrogens (tertiary/aromatic N) is 4. The highest BCUT2D eigenvalue weighted by atomic mass is 19.1. The smallest absolute Gasteiger partial charge is 0.274 e. The van der Waals surface area contributed by atoms with Crippen LogP contribution in [0.3, 0.4) is 0 Å². The van der Waals surface area contributed by atoms with Crippen LogP contribution in [-0.2, 0) is 6.54 Å². The van der Waals surface area contributed by atoms with Gasteiger partial charge in [0.25, 0.3) is 5.91 Å². The number of carbonyl (C=O) groups excluding carboxylic acids is 2. The second-order valence-electron chi connectivity index (χ2n) is 7.66. The Balaban J connectivity index is 1.65. The van der Waals surface area contributed by atoms with Crippen LogP contribution in [0.2, 0.25) is 0 Å². The number of amides is 2. The second kappa shape index (κ2) is 8.71. The van der Waals surface area contributed by atoms with E-state index < -0.39 is 23.4 Å². The van der Waals surface area contributed by atoms with Crippen molar-refractivity contribution in [3.8, 4) is 6.07 Å². The van der Waals surface area contributed by atoms with Gasteiger partial charge < -0.3 is 11.1 Å². The van der Waals surface area contributed by atoms with E-state index >= 15 is 0 Å². The van der Waals surface area contributed by atoms with E-state index in [2.05, 4.69) is 15.4 Å². The van der Waals surface area contributed by atoms with Crippen molar-refractivity contribution in [3.05, 3.63) is 87.9 Å². The highest BCUT2D eigenvalue weighted by Crippen LogP contribution is 2.24. The van der Waals surface area contributed by atoms with E-state index in [0.717, 1.165) is 12.1 Å². The molecule has 2 aromatic heterocycles. The molecular formula is C24H18F2N6O2. The minimum atomic E-state index is -0.780. The fourth-order valence-electron chi connectivity index (χ4n) is 3.64. The van der Waals surface area contributed by atoms with Crippen LogP contribution in [0.25, 0.3) is 10.9 Å². The molecular weight excluding hydrogens is 442 g/mol. The lowest BCUT2D eigenvalue weighted by atomic mass is 10.1. The first-order valence-electron chi connectivity index (χ1n) is 10.1. The van der Waals surface area contributed by atoms with Crippen LogP contribution in [0.15, 0.2) is 42.5 Å². The summed E-state index contributed by atoms with van der Waals surface area (Å²) >= 11 is 0. The van der Waals surface area contributed by atoms with Crippen LogP contribution in [0.5, 0.6) is 0 Å². The number of carbonyl (C=O) groups is 2. The Morgan fingerprint density at radius 3 is 2.59 bits per heavy atom. The maximum Gasteiger partial charge on any atom is 0.274 e. The van der Waals surface area contributed by atoms with E-state index in [1.165, 1.54) is 35.0 Å². The van der Waals surface area contributed by atoms with E-state index in [0.29, 0.717) is 28.0 Å². The van der Waals surface area contributed by atoms with Gasteiger partial charge in [-0.15, -0.1) is 0 Å². The normalized spacial score (nSPS) is 10.8. The average Bonchev–Trinajstić information content (AvgIpc) is 3.06. The third kappa shape index (κ3) is 4.19. The summed E-state index contributed by atoms with van der Waals surface area (Å²) in [7, 11) is 0. The van der Waals surface area contributed by atoms with Crippen molar-refractivity contribution in [1.82, 2.24) is 14.8 Å². The van der Waals surface area contributed by atoms with E-state index in [4.69, 9.17) is 11.0 Å². The van der Waals surface area contributed by atoms with Gasteiger partial charge in [-0.1, -0.05) is 6.07 Å². The van der Waals surface area contributed by atoms with Gasteiger partial charge in [-0.25, -0.2) is 13.8 Å². The Hall–Kier alpha value is -4.65. The Kier molecular flexibility index (Phi) is 5.77. The number of rotatable bonds is 5. The second-order valence-corrected chi connectivity index (χ2v) is 7.66. The van der Waals surface area contributed by atoms with Crippen LogP contribution in [0, 0.1) is 36.8 Å². The van der Waals surface area contributed by atoms with Crippen LogP contribution in [0.4, 0.5) is 14.5 Å². The summed E-state index contributed by atoms with van der Waals surface area (Å²) in [6, 6.07) is 11.0. The summed E-state index contributed by atoms with van der Waals surface area (Å²) in [5.41, 5.74) is 7.41. The zero-order valence-electron chi connectivity index (χ0n) is 18.2. The third-order valence-electron chi connectivity index (χ3n) is 5.39. The monoisotopic (exact) mass is 460 g/mol. The van der Waals surface area contributed by atoms with Crippen molar-refractivity contribution in [2.24, 2.45) is 5.73 Å². The number of primary amides is 1. The van der Waals surface area contributed by atoms with Crippen LogP contribution in [-0.4, -0.2) is 26.6 Å². The largest absolute Gasteiger partial charge is 0.366 e. The number of hydrogen-bond acceptors (Lipinski definition) is 5. The number of fused-ring (bicyclic) bond motifs is 1. The van der Waals surface area contributed by atoms with Crippen LogP contribution < -0.4 is 11.1 Å². The molecule has 2 amide bonds. The first-order chi connectivity index (χ1) is 16.2. The van der Waals surface area contributed by atoms with Gasteiger partial charge in [-0.05, 0) is 44.2 Å². The molecule has 4 rings (SSSR count). The maximum absolute atomic E-state index is 14.3. The predicted octanol–water partition coefficient (Wildman–Crippen LogP) is 3.60. The first-order valence-corrected chi connectivity index (χ1v) is 10.1.